The molecule has 142 valence electrons. The van der Waals surface area contributed by atoms with Crippen LogP contribution in [0.25, 0.3) is 10.6 Å². The molecule has 0 saturated heterocycles. The van der Waals surface area contributed by atoms with Crippen molar-refractivity contribution in [2.45, 2.75) is 25.8 Å². The fourth-order valence-electron chi connectivity index (χ4n) is 2.25. The van der Waals surface area contributed by atoms with Crippen molar-refractivity contribution in [3.05, 3.63) is 34.8 Å². The summed E-state index contributed by atoms with van der Waals surface area (Å²) in [5.41, 5.74) is 1.36. The van der Waals surface area contributed by atoms with Crippen molar-refractivity contribution in [2.75, 3.05) is 13.7 Å². The number of carbonyl (C=O) groups excluding carboxylic acids is 3. The first kappa shape index (κ1) is 18.8. The number of esters is 1. The van der Waals surface area contributed by atoms with Crippen molar-refractivity contribution in [3.63, 3.8) is 0 Å². The van der Waals surface area contributed by atoms with Gasteiger partial charge in [-0.1, -0.05) is 0 Å². The lowest BCUT2D eigenvalue weighted by Crippen LogP contribution is -2.42. The maximum atomic E-state index is 12.2. The molecular formula is C18H19N3O5S. The van der Waals surface area contributed by atoms with Crippen molar-refractivity contribution in [1.29, 1.82) is 0 Å². The average Bonchev–Trinajstić information content (AvgIpc) is 3.38. The summed E-state index contributed by atoms with van der Waals surface area (Å²) < 4.78 is 10.1. The number of hydrogen-bond acceptors (Lipinski definition) is 7. The molecule has 8 nitrogen and oxygen atoms in total. The van der Waals surface area contributed by atoms with Gasteiger partial charge in [0.2, 0.25) is 0 Å². The van der Waals surface area contributed by atoms with Gasteiger partial charge in [0.15, 0.2) is 6.61 Å². The number of aryl methyl sites for hydroxylation is 1. The maximum Gasteiger partial charge on any atom is 0.350 e. The predicted molar refractivity (Wildman–Crippen MR) is 98.8 cm³/mol. The van der Waals surface area contributed by atoms with E-state index in [-0.39, 0.29) is 6.04 Å². The number of rotatable bonds is 6. The van der Waals surface area contributed by atoms with Crippen LogP contribution in [-0.2, 0) is 9.53 Å². The third kappa shape index (κ3) is 5.04. The van der Waals surface area contributed by atoms with Crippen LogP contribution in [0.4, 0.5) is 4.79 Å². The number of carbonyl (C=O) groups is 3. The van der Waals surface area contributed by atoms with E-state index in [9.17, 15) is 14.4 Å². The maximum absolute atomic E-state index is 12.2. The quantitative estimate of drug-likeness (QED) is 0.734. The number of aromatic nitrogens is 1. The van der Waals surface area contributed by atoms with Crippen LogP contribution in [0.15, 0.2) is 24.3 Å². The normalized spacial score (nSPS) is 13.0. The second kappa shape index (κ2) is 8.17. The standard InChI is InChI=1S/C18H19N3O5S/c1-10-15(27-16(19-10)11-3-7-13(25-2)8-4-11)17(23)26-9-14(22)21-18(24)20-12-5-6-12/h3-4,7-8,12H,5-6,9H2,1-2H3,(H2,20,21,22,24). The zero-order valence-corrected chi connectivity index (χ0v) is 15.7. The summed E-state index contributed by atoms with van der Waals surface area (Å²) in [6.45, 7) is 1.16. The minimum Gasteiger partial charge on any atom is -0.497 e. The van der Waals surface area contributed by atoms with Gasteiger partial charge in [-0.05, 0) is 44.0 Å². The molecule has 1 aromatic carbocycles. The largest absolute Gasteiger partial charge is 0.497 e. The van der Waals surface area contributed by atoms with Crippen LogP contribution >= 0.6 is 11.3 Å². The molecule has 1 fully saturated rings. The second-order valence-corrected chi connectivity index (χ2v) is 7.03. The molecule has 1 aromatic heterocycles. The summed E-state index contributed by atoms with van der Waals surface area (Å²) in [7, 11) is 1.59. The Balaban J connectivity index is 1.56. The van der Waals surface area contributed by atoms with Gasteiger partial charge in [0, 0.05) is 11.6 Å². The fraction of sp³-hybridized carbons (Fsp3) is 0.333. The topological polar surface area (TPSA) is 107 Å². The highest BCUT2D eigenvalue weighted by molar-refractivity contribution is 7.17. The number of thiazole rings is 1. The molecular weight excluding hydrogens is 370 g/mol. The van der Waals surface area contributed by atoms with Crippen LogP contribution in [-0.4, -0.2) is 42.7 Å². The number of benzene rings is 1. The molecule has 3 rings (SSSR count). The molecule has 3 amide bonds. The first-order chi connectivity index (χ1) is 13.0. The van der Waals surface area contributed by atoms with Gasteiger partial charge in [0.1, 0.15) is 15.6 Å². The first-order valence-electron chi connectivity index (χ1n) is 8.35. The number of amides is 3. The summed E-state index contributed by atoms with van der Waals surface area (Å²) in [6, 6.07) is 6.87. The minimum atomic E-state index is -0.681. The Morgan fingerprint density at radius 1 is 1.22 bits per heavy atom. The number of ether oxygens (including phenoxy) is 2. The molecule has 1 aliphatic carbocycles. The van der Waals surface area contributed by atoms with Crippen LogP contribution in [0.5, 0.6) is 5.75 Å². The summed E-state index contributed by atoms with van der Waals surface area (Å²) >= 11 is 1.18. The van der Waals surface area contributed by atoms with Crippen LogP contribution < -0.4 is 15.4 Å². The average molecular weight is 389 g/mol. The highest BCUT2D eigenvalue weighted by atomic mass is 32.1. The zero-order valence-electron chi connectivity index (χ0n) is 14.9. The predicted octanol–water partition coefficient (Wildman–Crippen LogP) is 2.27. The van der Waals surface area contributed by atoms with Crippen molar-refractivity contribution in [2.24, 2.45) is 0 Å². The van der Waals surface area contributed by atoms with E-state index in [1.807, 2.05) is 12.1 Å². The van der Waals surface area contributed by atoms with E-state index in [1.54, 1.807) is 26.2 Å². The van der Waals surface area contributed by atoms with Crippen LogP contribution in [0, 0.1) is 6.92 Å². The van der Waals surface area contributed by atoms with Crippen LogP contribution in [0.3, 0.4) is 0 Å². The molecule has 27 heavy (non-hydrogen) atoms. The van der Waals surface area contributed by atoms with E-state index in [0.29, 0.717) is 15.6 Å². The number of methoxy groups -OCH3 is 1. The summed E-state index contributed by atoms with van der Waals surface area (Å²) in [6.07, 6.45) is 1.83. The molecule has 0 spiro atoms. The van der Waals surface area contributed by atoms with Gasteiger partial charge in [-0.25, -0.2) is 14.6 Å². The lowest BCUT2D eigenvalue weighted by Gasteiger charge is -2.06. The molecule has 2 aromatic rings. The van der Waals surface area contributed by atoms with Gasteiger partial charge in [-0.2, -0.15) is 0 Å². The Hall–Kier alpha value is -2.94. The lowest BCUT2D eigenvalue weighted by atomic mass is 10.2. The van der Waals surface area contributed by atoms with Gasteiger partial charge < -0.3 is 14.8 Å². The molecule has 0 unspecified atom stereocenters. The van der Waals surface area contributed by atoms with E-state index in [0.717, 1.165) is 24.2 Å². The molecule has 0 atom stereocenters. The zero-order chi connectivity index (χ0) is 19.4. The number of urea groups is 1. The lowest BCUT2D eigenvalue weighted by molar-refractivity contribution is -0.123. The number of nitrogens with one attached hydrogen (secondary N) is 2. The van der Waals surface area contributed by atoms with E-state index in [2.05, 4.69) is 15.6 Å². The van der Waals surface area contributed by atoms with Gasteiger partial charge in [-0.3, -0.25) is 10.1 Å². The Bertz CT molecular complexity index is 858. The van der Waals surface area contributed by atoms with E-state index < -0.39 is 24.5 Å². The van der Waals surface area contributed by atoms with Crippen molar-refractivity contribution >= 4 is 29.2 Å². The van der Waals surface area contributed by atoms with Gasteiger partial charge >= 0.3 is 12.0 Å². The summed E-state index contributed by atoms with van der Waals surface area (Å²) in [5, 5.41) is 5.40. The minimum absolute atomic E-state index is 0.136. The molecule has 0 aliphatic heterocycles. The van der Waals surface area contributed by atoms with E-state index in [1.165, 1.54) is 11.3 Å². The van der Waals surface area contributed by atoms with Crippen LogP contribution in [0.1, 0.15) is 28.2 Å². The van der Waals surface area contributed by atoms with Crippen LogP contribution in [0.2, 0.25) is 0 Å². The Labute approximate surface area is 159 Å². The SMILES string of the molecule is COc1ccc(-c2nc(C)c(C(=O)OCC(=O)NC(=O)NC3CC3)s2)cc1. The smallest absolute Gasteiger partial charge is 0.350 e. The molecule has 1 saturated carbocycles. The molecule has 2 N–H and O–H groups in total. The fourth-order valence-corrected chi connectivity index (χ4v) is 3.22. The summed E-state index contributed by atoms with van der Waals surface area (Å²) in [4.78, 5) is 40.1. The van der Waals surface area contributed by atoms with Gasteiger partial charge in [-0.15, -0.1) is 11.3 Å². The molecule has 9 heteroatoms. The van der Waals surface area contributed by atoms with Crippen molar-refractivity contribution < 1.29 is 23.9 Å². The summed E-state index contributed by atoms with van der Waals surface area (Å²) in [5.74, 6) is -0.607. The van der Waals surface area contributed by atoms with Crippen molar-refractivity contribution in [1.82, 2.24) is 15.6 Å². The number of hydrogen-bond donors (Lipinski definition) is 2. The van der Waals surface area contributed by atoms with Crippen molar-refractivity contribution in [3.8, 4) is 16.3 Å². The Morgan fingerprint density at radius 2 is 1.93 bits per heavy atom. The van der Waals surface area contributed by atoms with Gasteiger partial charge in [0.25, 0.3) is 5.91 Å². The molecule has 0 bridgehead atoms. The Morgan fingerprint density at radius 3 is 2.56 bits per heavy atom. The molecule has 1 aliphatic rings. The number of imide groups is 1. The van der Waals surface area contributed by atoms with E-state index in [4.69, 9.17) is 9.47 Å². The second-order valence-electron chi connectivity index (χ2n) is 6.03. The number of nitrogens with zero attached hydrogens (tertiary/aromatic N) is 1. The highest BCUT2D eigenvalue weighted by Gasteiger charge is 2.24. The van der Waals surface area contributed by atoms with E-state index >= 15 is 0 Å². The first-order valence-corrected chi connectivity index (χ1v) is 9.17. The highest BCUT2D eigenvalue weighted by Crippen LogP contribution is 2.29. The Kier molecular flexibility index (Phi) is 5.70. The molecule has 1 heterocycles. The third-order valence-electron chi connectivity index (χ3n) is 3.82. The molecule has 0 radical (unpaired) electrons. The monoisotopic (exact) mass is 389 g/mol. The third-order valence-corrected chi connectivity index (χ3v) is 5.01. The van der Waals surface area contributed by atoms with Gasteiger partial charge in [0.05, 0.1) is 12.8 Å².